The standard InChI is InChI=1S/C14H24N2O2/c1-5-16(11(3)10-17-4)12-7-8-13(15)14(9-12)18-6-2/h7-9,11H,5-6,10,15H2,1-4H3. The topological polar surface area (TPSA) is 47.7 Å². The second-order valence-electron chi connectivity index (χ2n) is 4.25. The molecule has 4 heteroatoms. The Morgan fingerprint density at radius 3 is 2.61 bits per heavy atom. The number of benzene rings is 1. The molecule has 0 aromatic heterocycles. The number of hydrogen-bond donors (Lipinski definition) is 1. The van der Waals surface area contributed by atoms with Gasteiger partial charge in [0.05, 0.1) is 18.9 Å². The maximum absolute atomic E-state index is 5.88. The molecule has 0 saturated heterocycles. The van der Waals surface area contributed by atoms with E-state index < -0.39 is 0 Å². The summed E-state index contributed by atoms with van der Waals surface area (Å²) >= 11 is 0. The Labute approximate surface area is 110 Å². The van der Waals surface area contributed by atoms with Gasteiger partial charge in [-0.15, -0.1) is 0 Å². The van der Waals surface area contributed by atoms with Crippen molar-refractivity contribution in [1.82, 2.24) is 0 Å². The molecule has 0 spiro atoms. The number of anilines is 2. The first kappa shape index (κ1) is 14.6. The van der Waals surface area contributed by atoms with Gasteiger partial charge >= 0.3 is 0 Å². The second-order valence-corrected chi connectivity index (χ2v) is 4.25. The van der Waals surface area contributed by atoms with E-state index >= 15 is 0 Å². The first-order valence-corrected chi connectivity index (χ1v) is 6.41. The highest BCUT2D eigenvalue weighted by Gasteiger charge is 2.14. The zero-order valence-electron chi connectivity index (χ0n) is 11.8. The first-order chi connectivity index (χ1) is 8.63. The molecule has 0 fully saturated rings. The van der Waals surface area contributed by atoms with E-state index in [1.807, 2.05) is 25.1 Å². The van der Waals surface area contributed by atoms with Gasteiger partial charge in [-0.05, 0) is 32.9 Å². The van der Waals surface area contributed by atoms with Crippen molar-refractivity contribution in [2.24, 2.45) is 0 Å². The molecular weight excluding hydrogens is 228 g/mol. The van der Waals surface area contributed by atoms with Crippen LogP contribution in [0.4, 0.5) is 11.4 Å². The third-order valence-corrected chi connectivity index (χ3v) is 2.91. The SMILES string of the molecule is CCOc1cc(N(CC)C(C)COC)ccc1N. The largest absolute Gasteiger partial charge is 0.492 e. The van der Waals surface area contributed by atoms with Crippen LogP contribution >= 0.6 is 0 Å². The van der Waals surface area contributed by atoms with Crippen LogP contribution in [-0.4, -0.2) is 32.9 Å². The Morgan fingerprint density at radius 2 is 2.06 bits per heavy atom. The highest BCUT2D eigenvalue weighted by atomic mass is 16.5. The van der Waals surface area contributed by atoms with Crippen molar-refractivity contribution in [2.45, 2.75) is 26.8 Å². The molecule has 1 atom stereocenters. The smallest absolute Gasteiger partial charge is 0.144 e. The molecule has 1 unspecified atom stereocenters. The van der Waals surface area contributed by atoms with Gasteiger partial charge in [-0.25, -0.2) is 0 Å². The van der Waals surface area contributed by atoms with E-state index in [-0.39, 0.29) is 0 Å². The minimum absolute atomic E-state index is 0.318. The van der Waals surface area contributed by atoms with Crippen molar-refractivity contribution in [3.05, 3.63) is 18.2 Å². The molecule has 0 radical (unpaired) electrons. The fourth-order valence-corrected chi connectivity index (χ4v) is 2.06. The molecule has 1 aromatic rings. The number of hydrogen-bond acceptors (Lipinski definition) is 4. The van der Waals surface area contributed by atoms with E-state index in [0.717, 1.165) is 18.0 Å². The van der Waals surface area contributed by atoms with Gasteiger partial charge in [0, 0.05) is 31.5 Å². The first-order valence-electron chi connectivity index (χ1n) is 6.41. The van der Waals surface area contributed by atoms with Gasteiger partial charge in [0.1, 0.15) is 5.75 Å². The Kier molecular flexibility index (Phi) is 5.78. The summed E-state index contributed by atoms with van der Waals surface area (Å²) in [5.41, 5.74) is 7.67. The average molecular weight is 252 g/mol. The van der Waals surface area contributed by atoms with E-state index in [4.69, 9.17) is 15.2 Å². The third-order valence-electron chi connectivity index (χ3n) is 2.91. The maximum atomic E-state index is 5.88. The molecular formula is C14H24N2O2. The van der Waals surface area contributed by atoms with Crippen molar-refractivity contribution in [1.29, 1.82) is 0 Å². The summed E-state index contributed by atoms with van der Waals surface area (Å²) in [4.78, 5) is 2.27. The average Bonchev–Trinajstić information content (AvgIpc) is 2.34. The lowest BCUT2D eigenvalue weighted by molar-refractivity contribution is 0.182. The van der Waals surface area contributed by atoms with Gasteiger partial charge < -0.3 is 20.1 Å². The summed E-state index contributed by atoms with van der Waals surface area (Å²) in [5, 5.41) is 0. The van der Waals surface area contributed by atoms with Gasteiger partial charge in [-0.3, -0.25) is 0 Å². The van der Waals surface area contributed by atoms with E-state index in [2.05, 4.69) is 18.7 Å². The lowest BCUT2D eigenvalue weighted by Gasteiger charge is -2.30. The number of ether oxygens (including phenoxy) is 2. The fraction of sp³-hybridized carbons (Fsp3) is 0.571. The van der Waals surface area contributed by atoms with Crippen LogP contribution in [0.15, 0.2) is 18.2 Å². The lowest BCUT2D eigenvalue weighted by Crippen LogP contribution is -2.36. The number of rotatable bonds is 7. The summed E-state index contributed by atoms with van der Waals surface area (Å²) in [7, 11) is 1.72. The van der Waals surface area contributed by atoms with Crippen LogP contribution < -0.4 is 15.4 Å². The van der Waals surface area contributed by atoms with E-state index in [1.165, 1.54) is 0 Å². The van der Waals surface area contributed by atoms with Crippen LogP contribution in [0.3, 0.4) is 0 Å². The molecule has 0 bridgehead atoms. The molecule has 0 aliphatic heterocycles. The van der Waals surface area contributed by atoms with Crippen molar-refractivity contribution < 1.29 is 9.47 Å². The molecule has 2 N–H and O–H groups in total. The van der Waals surface area contributed by atoms with Gasteiger partial charge in [0.2, 0.25) is 0 Å². The predicted octanol–water partition coefficient (Wildman–Crippen LogP) is 2.53. The van der Waals surface area contributed by atoms with E-state index in [1.54, 1.807) is 7.11 Å². The van der Waals surface area contributed by atoms with Crippen molar-refractivity contribution in [3.63, 3.8) is 0 Å². The van der Waals surface area contributed by atoms with Crippen LogP contribution in [0, 0.1) is 0 Å². The van der Waals surface area contributed by atoms with Gasteiger partial charge in [0.15, 0.2) is 0 Å². The zero-order valence-corrected chi connectivity index (χ0v) is 11.8. The molecule has 1 aromatic carbocycles. The van der Waals surface area contributed by atoms with Gasteiger partial charge in [-0.2, -0.15) is 0 Å². The molecule has 4 nitrogen and oxygen atoms in total. The van der Waals surface area contributed by atoms with Crippen LogP contribution in [-0.2, 0) is 4.74 Å². The number of likely N-dealkylation sites (N-methyl/N-ethyl adjacent to an activating group) is 1. The second kappa shape index (κ2) is 7.11. The predicted molar refractivity (Wildman–Crippen MR) is 76.4 cm³/mol. The van der Waals surface area contributed by atoms with Crippen LogP contribution in [0.2, 0.25) is 0 Å². The molecule has 1 rings (SSSR count). The van der Waals surface area contributed by atoms with Crippen LogP contribution in [0.25, 0.3) is 0 Å². The number of nitrogens with two attached hydrogens (primary N) is 1. The van der Waals surface area contributed by atoms with E-state index in [0.29, 0.717) is 24.9 Å². The van der Waals surface area contributed by atoms with Gasteiger partial charge in [0.25, 0.3) is 0 Å². The monoisotopic (exact) mass is 252 g/mol. The molecule has 0 aliphatic carbocycles. The molecule has 0 saturated carbocycles. The highest BCUT2D eigenvalue weighted by molar-refractivity contribution is 5.62. The van der Waals surface area contributed by atoms with Crippen molar-refractivity contribution >= 4 is 11.4 Å². The van der Waals surface area contributed by atoms with Crippen LogP contribution in [0.5, 0.6) is 5.75 Å². The molecule has 18 heavy (non-hydrogen) atoms. The Balaban J connectivity index is 2.95. The van der Waals surface area contributed by atoms with Gasteiger partial charge in [-0.1, -0.05) is 0 Å². The zero-order chi connectivity index (χ0) is 13.5. The summed E-state index contributed by atoms with van der Waals surface area (Å²) < 4.78 is 10.7. The van der Waals surface area contributed by atoms with E-state index in [9.17, 15) is 0 Å². The Bertz CT molecular complexity index is 369. The minimum Gasteiger partial charge on any atom is -0.492 e. The minimum atomic E-state index is 0.318. The van der Waals surface area contributed by atoms with Crippen molar-refractivity contribution in [2.75, 3.05) is 37.5 Å². The quantitative estimate of drug-likeness (QED) is 0.758. The molecule has 0 heterocycles. The number of nitrogens with zero attached hydrogens (tertiary/aromatic N) is 1. The summed E-state index contributed by atoms with van der Waals surface area (Å²) in [6, 6.07) is 6.22. The number of nitrogen functional groups attached to an aromatic ring is 1. The summed E-state index contributed by atoms with van der Waals surface area (Å²) in [6.07, 6.45) is 0. The summed E-state index contributed by atoms with van der Waals surface area (Å²) in [5.74, 6) is 0.748. The lowest BCUT2D eigenvalue weighted by atomic mass is 10.2. The van der Waals surface area contributed by atoms with Crippen LogP contribution in [0.1, 0.15) is 20.8 Å². The Hall–Kier alpha value is -1.42. The normalized spacial score (nSPS) is 12.2. The fourth-order valence-electron chi connectivity index (χ4n) is 2.06. The molecule has 0 aliphatic rings. The number of methoxy groups -OCH3 is 1. The third kappa shape index (κ3) is 3.53. The Morgan fingerprint density at radius 1 is 1.33 bits per heavy atom. The summed E-state index contributed by atoms with van der Waals surface area (Å²) in [6.45, 7) is 8.46. The molecule has 0 amide bonds. The molecule has 102 valence electrons. The highest BCUT2D eigenvalue weighted by Crippen LogP contribution is 2.28. The maximum Gasteiger partial charge on any atom is 0.144 e. The van der Waals surface area contributed by atoms with Crippen molar-refractivity contribution in [3.8, 4) is 5.75 Å².